The van der Waals surface area contributed by atoms with E-state index < -0.39 is 11.4 Å². The van der Waals surface area contributed by atoms with Crippen LogP contribution in [0, 0.1) is 0 Å². The normalized spacial score (nSPS) is 19.5. The molecule has 0 fully saturated rings. The molecule has 1 aliphatic rings. The zero-order valence-electron chi connectivity index (χ0n) is 12.2. The Morgan fingerprint density at radius 3 is 2.83 bits per heavy atom. The lowest BCUT2D eigenvalue weighted by Crippen LogP contribution is -2.34. The molecule has 0 aliphatic heterocycles. The third-order valence-corrected chi connectivity index (χ3v) is 4.87. The molecule has 2 heterocycles. The van der Waals surface area contributed by atoms with E-state index in [9.17, 15) is 4.79 Å². The van der Waals surface area contributed by atoms with E-state index in [1.807, 2.05) is 35.2 Å². The van der Waals surface area contributed by atoms with Crippen molar-refractivity contribution in [1.82, 2.24) is 14.8 Å². The number of hydrogen-bond donors (Lipinski definition) is 1. The van der Waals surface area contributed by atoms with Crippen LogP contribution in [0.25, 0.3) is 6.08 Å². The molecule has 114 valence electrons. The van der Waals surface area contributed by atoms with Crippen LogP contribution in [0.1, 0.15) is 22.5 Å². The van der Waals surface area contributed by atoms with E-state index in [4.69, 9.17) is 5.73 Å². The Kier molecular flexibility index (Phi) is 3.12. The fourth-order valence-corrected chi connectivity index (χ4v) is 3.77. The van der Waals surface area contributed by atoms with E-state index in [0.29, 0.717) is 6.42 Å². The van der Waals surface area contributed by atoms with E-state index in [-0.39, 0.29) is 0 Å². The summed E-state index contributed by atoms with van der Waals surface area (Å²) in [5, 5.41) is 6.16. The predicted octanol–water partition coefficient (Wildman–Crippen LogP) is 2.82. The van der Waals surface area contributed by atoms with Gasteiger partial charge in [-0.2, -0.15) is 9.78 Å². The van der Waals surface area contributed by atoms with Crippen molar-refractivity contribution in [2.75, 3.05) is 0 Å². The largest absolute Gasteiger partial charge is 0.350 e. The van der Waals surface area contributed by atoms with Crippen LogP contribution < -0.4 is 5.73 Å². The molecule has 0 radical (unpaired) electrons. The standard InChI is InChI=1S/C17H14N4OS/c18-16(22)21-14-8-17(15-10-23-11-19-15,7-6-12(14)9-20-21)13-4-2-1-3-5-13/h1-7,9-11H,8H2,(H2,18,22). The topological polar surface area (TPSA) is 73.8 Å². The zero-order valence-corrected chi connectivity index (χ0v) is 13.0. The predicted molar refractivity (Wildman–Crippen MR) is 89.3 cm³/mol. The number of carbonyl (C=O) groups is 1. The van der Waals surface area contributed by atoms with Gasteiger partial charge in [0.2, 0.25) is 0 Å². The van der Waals surface area contributed by atoms with Gasteiger partial charge in [0, 0.05) is 17.4 Å². The van der Waals surface area contributed by atoms with Crippen molar-refractivity contribution >= 4 is 23.4 Å². The van der Waals surface area contributed by atoms with Crippen LogP contribution in [-0.4, -0.2) is 20.8 Å². The molecular weight excluding hydrogens is 308 g/mol. The summed E-state index contributed by atoms with van der Waals surface area (Å²) in [5.41, 5.74) is 10.7. The molecule has 1 atom stereocenters. The van der Waals surface area contributed by atoms with Crippen molar-refractivity contribution in [2.24, 2.45) is 5.73 Å². The number of primary amides is 1. The van der Waals surface area contributed by atoms with Crippen molar-refractivity contribution in [3.63, 3.8) is 0 Å². The summed E-state index contributed by atoms with van der Waals surface area (Å²) < 4.78 is 1.28. The van der Waals surface area contributed by atoms with E-state index in [1.54, 1.807) is 17.5 Å². The number of allylic oxidation sites excluding steroid dienone is 1. The summed E-state index contributed by atoms with van der Waals surface area (Å²) in [6.07, 6.45) is 6.41. The van der Waals surface area contributed by atoms with Crippen molar-refractivity contribution in [1.29, 1.82) is 0 Å². The van der Waals surface area contributed by atoms with Crippen LogP contribution in [-0.2, 0) is 11.8 Å². The van der Waals surface area contributed by atoms with Gasteiger partial charge in [0.25, 0.3) is 0 Å². The molecule has 0 saturated carbocycles. The van der Waals surface area contributed by atoms with E-state index in [0.717, 1.165) is 22.5 Å². The molecule has 0 spiro atoms. The first-order valence-electron chi connectivity index (χ1n) is 7.21. The van der Waals surface area contributed by atoms with Gasteiger partial charge in [0.05, 0.1) is 28.5 Å². The number of hydrogen-bond acceptors (Lipinski definition) is 4. The second kappa shape index (κ2) is 5.17. The Labute approximate surface area is 137 Å². The van der Waals surface area contributed by atoms with Gasteiger partial charge in [0.1, 0.15) is 0 Å². The summed E-state index contributed by atoms with van der Waals surface area (Å²) in [6.45, 7) is 0. The van der Waals surface area contributed by atoms with Gasteiger partial charge >= 0.3 is 6.03 Å². The average molecular weight is 322 g/mol. The number of carbonyl (C=O) groups excluding carboxylic acids is 1. The minimum Gasteiger partial charge on any atom is -0.350 e. The third-order valence-electron chi connectivity index (χ3n) is 4.28. The highest BCUT2D eigenvalue weighted by Gasteiger charge is 2.38. The van der Waals surface area contributed by atoms with Gasteiger partial charge < -0.3 is 5.73 Å². The molecule has 6 heteroatoms. The monoisotopic (exact) mass is 322 g/mol. The Hall–Kier alpha value is -2.73. The quantitative estimate of drug-likeness (QED) is 0.788. The summed E-state index contributed by atoms with van der Waals surface area (Å²) in [7, 11) is 0. The van der Waals surface area contributed by atoms with Crippen molar-refractivity contribution in [3.8, 4) is 0 Å². The molecule has 4 rings (SSSR count). The highest BCUT2D eigenvalue weighted by Crippen LogP contribution is 2.41. The minimum absolute atomic E-state index is 0.415. The molecule has 2 aromatic heterocycles. The first-order chi connectivity index (χ1) is 11.2. The van der Waals surface area contributed by atoms with E-state index in [2.05, 4.69) is 28.3 Å². The smallest absolute Gasteiger partial charge is 0.339 e. The highest BCUT2D eigenvalue weighted by atomic mass is 32.1. The van der Waals surface area contributed by atoms with Gasteiger partial charge in [-0.1, -0.05) is 42.5 Å². The van der Waals surface area contributed by atoms with Crippen LogP contribution in [0.5, 0.6) is 0 Å². The lowest BCUT2D eigenvalue weighted by molar-refractivity contribution is 0.246. The molecule has 1 aliphatic carbocycles. The maximum absolute atomic E-state index is 11.7. The number of rotatable bonds is 2. The van der Waals surface area contributed by atoms with E-state index >= 15 is 0 Å². The molecular formula is C17H14N4OS. The summed E-state index contributed by atoms with van der Waals surface area (Å²) in [6, 6.07) is 9.61. The number of benzene rings is 1. The summed E-state index contributed by atoms with van der Waals surface area (Å²) >= 11 is 1.56. The molecule has 2 N–H and O–H groups in total. The SMILES string of the molecule is NC(=O)n1ncc2c1CC(c1ccccc1)(c1cscn1)C=C2. The second-order valence-electron chi connectivity index (χ2n) is 5.52. The van der Waals surface area contributed by atoms with E-state index in [1.165, 1.54) is 4.68 Å². The van der Waals surface area contributed by atoms with Crippen LogP contribution in [0.15, 0.2) is 53.5 Å². The Morgan fingerprint density at radius 2 is 2.13 bits per heavy atom. The Morgan fingerprint density at radius 1 is 1.30 bits per heavy atom. The number of thiazole rings is 1. The van der Waals surface area contributed by atoms with Crippen LogP contribution in [0.3, 0.4) is 0 Å². The van der Waals surface area contributed by atoms with Gasteiger partial charge in [-0.25, -0.2) is 9.78 Å². The van der Waals surface area contributed by atoms with Crippen LogP contribution >= 0.6 is 11.3 Å². The molecule has 1 amide bonds. The number of nitrogens with zero attached hydrogens (tertiary/aromatic N) is 3. The molecule has 1 aromatic carbocycles. The summed E-state index contributed by atoms with van der Waals surface area (Å²) in [5.74, 6) is 0. The van der Waals surface area contributed by atoms with Crippen molar-refractivity contribution in [3.05, 3.63) is 76.0 Å². The summed E-state index contributed by atoms with van der Waals surface area (Å²) in [4.78, 5) is 16.2. The zero-order chi connectivity index (χ0) is 15.9. The minimum atomic E-state index is -0.568. The second-order valence-corrected chi connectivity index (χ2v) is 6.24. The molecule has 3 aromatic rings. The molecule has 1 unspecified atom stereocenters. The first kappa shape index (κ1) is 13.9. The molecule has 0 bridgehead atoms. The van der Waals surface area contributed by atoms with Gasteiger partial charge in [0.15, 0.2) is 0 Å². The lowest BCUT2D eigenvalue weighted by Gasteiger charge is -2.32. The van der Waals surface area contributed by atoms with Crippen LogP contribution in [0.2, 0.25) is 0 Å². The molecule has 23 heavy (non-hydrogen) atoms. The number of nitrogens with two attached hydrogens (primary N) is 1. The highest BCUT2D eigenvalue weighted by molar-refractivity contribution is 7.07. The van der Waals surface area contributed by atoms with Gasteiger partial charge in [-0.15, -0.1) is 11.3 Å². The fraction of sp³-hybridized carbons (Fsp3) is 0.118. The van der Waals surface area contributed by atoms with Crippen molar-refractivity contribution < 1.29 is 4.79 Å². The fourth-order valence-electron chi connectivity index (χ4n) is 3.14. The number of fused-ring (bicyclic) bond motifs is 1. The van der Waals surface area contributed by atoms with Gasteiger partial charge in [-0.05, 0) is 5.56 Å². The third kappa shape index (κ3) is 2.10. The first-order valence-corrected chi connectivity index (χ1v) is 8.15. The molecule has 0 saturated heterocycles. The number of aromatic nitrogens is 3. The Balaban J connectivity index is 1.92. The van der Waals surface area contributed by atoms with Crippen LogP contribution in [0.4, 0.5) is 4.79 Å². The van der Waals surface area contributed by atoms with Gasteiger partial charge in [-0.3, -0.25) is 0 Å². The Bertz CT molecular complexity index is 883. The molecule has 5 nitrogen and oxygen atoms in total. The maximum atomic E-state index is 11.7. The average Bonchev–Trinajstić information content (AvgIpc) is 3.24. The number of amides is 1. The lowest BCUT2D eigenvalue weighted by atomic mass is 9.71. The van der Waals surface area contributed by atoms with Crippen molar-refractivity contribution in [2.45, 2.75) is 11.8 Å². The maximum Gasteiger partial charge on any atom is 0.339 e.